The summed E-state index contributed by atoms with van der Waals surface area (Å²) in [6.45, 7) is 1.36. The third-order valence-electron chi connectivity index (χ3n) is 4.10. The first kappa shape index (κ1) is 18.4. The zero-order valence-electron chi connectivity index (χ0n) is 13.3. The first-order valence-corrected chi connectivity index (χ1v) is 10.2. The molecule has 0 radical (unpaired) electrons. The van der Waals surface area contributed by atoms with Gasteiger partial charge in [0.15, 0.2) is 0 Å². The summed E-state index contributed by atoms with van der Waals surface area (Å²) in [7, 11) is 1.36. The highest BCUT2D eigenvalue weighted by Gasteiger charge is 2.68. The summed E-state index contributed by atoms with van der Waals surface area (Å²) in [5.74, 6) is -1.73. The molecule has 0 saturated carbocycles. The van der Waals surface area contributed by atoms with Gasteiger partial charge < -0.3 is 9.84 Å². The van der Waals surface area contributed by atoms with E-state index < -0.39 is 28.2 Å². The van der Waals surface area contributed by atoms with E-state index in [4.69, 9.17) is 4.74 Å². The summed E-state index contributed by atoms with van der Waals surface area (Å²) < 4.78 is 5.57. The zero-order chi connectivity index (χ0) is 18.4. The van der Waals surface area contributed by atoms with E-state index in [2.05, 4.69) is 15.9 Å². The van der Waals surface area contributed by atoms with Gasteiger partial charge in [-0.3, -0.25) is 24.2 Å². The van der Waals surface area contributed by atoms with Gasteiger partial charge in [-0.05, 0) is 23.1 Å². The highest BCUT2D eigenvalue weighted by molar-refractivity contribution is 9.09. The van der Waals surface area contributed by atoms with Crippen molar-refractivity contribution in [2.24, 2.45) is 0 Å². The van der Waals surface area contributed by atoms with Gasteiger partial charge >= 0.3 is 5.97 Å². The molecule has 2 amide bonds. The second kappa shape index (κ2) is 6.75. The molecule has 0 spiro atoms. The second-order valence-corrected chi connectivity index (χ2v) is 8.14. The summed E-state index contributed by atoms with van der Waals surface area (Å²) in [4.78, 5) is 39.6. The lowest BCUT2D eigenvalue weighted by atomic mass is 9.98. The predicted molar refractivity (Wildman–Crippen MR) is 98.7 cm³/mol. The van der Waals surface area contributed by atoms with Crippen molar-refractivity contribution in [3.63, 3.8) is 0 Å². The number of carboxylic acids is 1. The van der Waals surface area contributed by atoms with E-state index in [1.807, 2.05) is 0 Å². The van der Waals surface area contributed by atoms with Gasteiger partial charge in [0.25, 0.3) is 11.6 Å². The summed E-state index contributed by atoms with van der Waals surface area (Å²) in [5.41, 5.74) is -0.971. The molecule has 3 atom stereocenters. The molecule has 7 nitrogen and oxygen atoms in total. The summed E-state index contributed by atoms with van der Waals surface area (Å²) >= 11 is 5.67. The fourth-order valence-electron chi connectivity index (χ4n) is 3.02. The number of fused-ring (bicyclic) bond motifs is 1. The van der Waals surface area contributed by atoms with Crippen molar-refractivity contribution < 1.29 is 24.2 Å². The highest BCUT2D eigenvalue weighted by Crippen LogP contribution is 2.51. The fourth-order valence-corrected chi connectivity index (χ4v) is 6.00. The topological polar surface area (TPSA) is 87.2 Å². The van der Waals surface area contributed by atoms with Crippen LogP contribution in [0.2, 0.25) is 0 Å². The molecule has 0 bridgehead atoms. The molecular weight excluding hydrogens is 432 g/mol. The quantitative estimate of drug-likeness (QED) is 0.423. The molecule has 3 rings (SSSR count). The van der Waals surface area contributed by atoms with Crippen LogP contribution in [0, 0.1) is 0 Å². The van der Waals surface area contributed by atoms with Crippen LogP contribution in [0.5, 0.6) is 0 Å². The molecule has 2 unspecified atom stereocenters. The maximum absolute atomic E-state index is 12.9. The summed E-state index contributed by atoms with van der Waals surface area (Å²) in [5, 5.41) is 10.8. The van der Waals surface area contributed by atoms with Crippen LogP contribution in [0.1, 0.15) is 6.92 Å². The Labute approximate surface area is 160 Å². The molecular formula is C15H15BrN2O5S2. The van der Waals surface area contributed by atoms with Crippen LogP contribution in [0.25, 0.3) is 0 Å². The SMILES string of the molecule is COC1(N(C(C)=O)c2cccs2)C(=O)N2C=C(CBr)C(C(=O)O)S[C@@H]21. The summed E-state index contributed by atoms with van der Waals surface area (Å²) in [6.07, 6.45) is 1.54. The Morgan fingerprint density at radius 1 is 1.52 bits per heavy atom. The minimum atomic E-state index is -1.55. The number of rotatable bonds is 5. The zero-order valence-corrected chi connectivity index (χ0v) is 16.6. The first-order chi connectivity index (χ1) is 11.9. The minimum Gasteiger partial charge on any atom is -0.480 e. The Morgan fingerprint density at radius 3 is 2.72 bits per heavy atom. The first-order valence-electron chi connectivity index (χ1n) is 7.25. The van der Waals surface area contributed by atoms with Gasteiger partial charge in [0.1, 0.15) is 15.6 Å². The predicted octanol–water partition coefficient (Wildman–Crippen LogP) is 2.09. The van der Waals surface area contributed by atoms with Gasteiger partial charge in [0.05, 0.1) is 0 Å². The number of ether oxygens (including phenoxy) is 1. The number of thiophene rings is 1. The number of carboxylic acid groups (broad SMARTS) is 1. The third kappa shape index (κ3) is 2.62. The molecule has 0 aromatic carbocycles. The van der Waals surface area contributed by atoms with Gasteiger partial charge in [-0.25, -0.2) is 0 Å². The van der Waals surface area contributed by atoms with Crippen molar-refractivity contribution in [3.8, 4) is 0 Å². The van der Waals surface area contributed by atoms with E-state index in [0.717, 1.165) is 11.8 Å². The van der Waals surface area contributed by atoms with Gasteiger partial charge in [-0.2, -0.15) is 0 Å². The Balaban J connectivity index is 2.06. The largest absolute Gasteiger partial charge is 0.480 e. The standard InChI is InChI=1S/C15H15BrN2O5S2/c1-8(19)18(10-4-3-5-24-10)15(23-2)13(22)17-7-9(6-16)11(12(20)21)25-14(15)17/h3-5,7,11,14H,6H2,1-2H3,(H,20,21)/t11?,14-,15?/m1/s1. The number of halogens is 1. The fraction of sp³-hybridized carbons (Fsp3) is 0.400. The number of thioether (sulfide) groups is 1. The summed E-state index contributed by atoms with van der Waals surface area (Å²) in [6, 6.07) is 3.50. The van der Waals surface area contributed by atoms with E-state index >= 15 is 0 Å². The molecule has 25 heavy (non-hydrogen) atoms. The van der Waals surface area contributed by atoms with E-state index in [-0.39, 0.29) is 5.91 Å². The smallest absolute Gasteiger partial charge is 0.321 e. The lowest BCUT2D eigenvalue weighted by Crippen LogP contribution is -2.80. The number of aliphatic carboxylic acids is 1. The van der Waals surface area contributed by atoms with Crippen LogP contribution >= 0.6 is 39.0 Å². The molecule has 134 valence electrons. The van der Waals surface area contributed by atoms with E-state index in [0.29, 0.717) is 15.9 Å². The number of methoxy groups -OCH3 is 1. The van der Waals surface area contributed by atoms with Gasteiger partial charge in [-0.15, -0.1) is 23.1 Å². The number of hydrogen-bond donors (Lipinski definition) is 1. The van der Waals surface area contributed by atoms with Crippen molar-refractivity contribution in [1.29, 1.82) is 0 Å². The number of β-lactam (4-membered cyclic amide) rings is 1. The number of carbonyl (C=O) groups excluding carboxylic acids is 2. The Morgan fingerprint density at radius 2 is 2.24 bits per heavy atom. The van der Waals surface area contributed by atoms with Gasteiger partial charge in [0, 0.05) is 25.6 Å². The van der Waals surface area contributed by atoms with Crippen molar-refractivity contribution in [1.82, 2.24) is 4.90 Å². The van der Waals surface area contributed by atoms with Crippen molar-refractivity contribution >= 4 is 61.8 Å². The lowest BCUT2D eigenvalue weighted by Gasteiger charge is -2.58. The van der Waals surface area contributed by atoms with E-state index in [1.165, 1.54) is 35.2 Å². The molecule has 1 aromatic heterocycles. The molecule has 1 saturated heterocycles. The lowest BCUT2D eigenvalue weighted by molar-refractivity contribution is -0.181. The Bertz CT molecular complexity index is 753. The highest BCUT2D eigenvalue weighted by atomic mass is 79.9. The Kier molecular flexibility index (Phi) is 4.97. The molecule has 0 aliphatic carbocycles. The second-order valence-electron chi connectivity index (χ2n) is 5.46. The molecule has 1 fully saturated rings. The van der Waals surface area contributed by atoms with Crippen LogP contribution in [0.15, 0.2) is 29.3 Å². The van der Waals surface area contributed by atoms with Crippen LogP contribution in [0.3, 0.4) is 0 Å². The van der Waals surface area contributed by atoms with Crippen molar-refractivity contribution in [3.05, 3.63) is 29.3 Å². The number of alkyl halides is 1. The number of carbonyl (C=O) groups is 3. The third-order valence-corrected chi connectivity index (χ3v) is 7.18. The number of anilines is 1. The van der Waals surface area contributed by atoms with E-state index in [1.54, 1.807) is 23.7 Å². The molecule has 1 N–H and O–H groups in total. The average Bonchev–Trinajstić information content (AvgIpc) is 3.11. The van der Waals surface area contributed by atoms with Crippen LogP contribution < -0.4 is 4.90 Å². The molecule has 2 aliphatic heterocycles. The molecule has 3 heterocycles. The number of nitrogens with zero attached hydrogens (tertiary/aromatic N) is 2. The molecule has 1 aromatic rings. The molecule has 2 aliphatic rings. The minimum absolute atomic E-state index is 0.342. The average molecular weight is 447 g/mol. The number of amides is 2. The van der Waals surface area contributed by atoms with Gasteiger partial charge in [-0.1, -0.05) is 15.9 Å². The maximum Gasteiger partial charge on any atom is 0.321 e. The monoisotopic (exact) mass is 446 g/mol. The normalized spacial score (nSPS) is 28.0. The van der Waals surface area contributed by atoms with Crippen LogP contribution in [0.4, 0.5) is 5.00 Å². The van der Waals surface area contributed by atoms with Crippen LogP contribution in [-0.2, 0) is 19.1 Å². The maximum atomic E-state index is 12.9. The van der Waals surface area contributed by atoms with Crippen molar-refractivity contribution in [2.75, 3.05) is 17.3 Å². The van der Waals surface area contributed by atoms with Gasteiger partial charge in [0.2, 0.25) is 5.91 Å². The number of hydrogen-bond acceptors (Lipinski definition) is 6. The molecule has 10 heteroatoms. The van der Waals surface area contributed by atoms with Crippen LogP contribution in [-0.4, -0.2) is 56.6 Å². The Hall–Kier alpha value is -1.36. The van der Waals surface area contributed by atoms with E-state index in [9.17, 15) is 19.5 Å². The van der Waals surface area contributed by atoms with Crippen molar-refractivity contribution in [2.45, 2.75) is 23.3 Å².